The summed E-state index contributed by atoms with van der Waals surface area (Å²) in [4.78, 5) is 10.5. The average Bonchev–Trinajstić information content (AvgIpc) is 2.41. The van der Waals surface area contributed by atoms with E-state index in [9.17, 15) is 4.79 Å². The van der Waals surface area contributed by atoms with Crippen LogP contribution in [0.1, 0.15) is 35.2 Å². The number of rotatable bonds is 5. The number of carbonyl (C=O) groups excluding carboxylic acids is 1. The Labute approximate surface area is 102 Å². The molecule has 2 rings (SSSR count). The van der Waals surface area contributed by atoms with E-state index in [2.05, 4.69) is 0 Å². The summed E-state index contributed by atoms with van der Waals surface area (Å²) in [7, 11) is 0. The predicted octanol–water partition coefficient (Wildman–Crippen LogP) is 2.58. The first-order valence-electron chi connectivity index (χ1n) is 6.16. The third-order valence-electron chi connectivity index (χ3n) is 2.95. The topological polar surface area (TPSA) is 35.5 Å². The van der Waals surface area contributed by atoms with Crippen LogP contribution in [0.15, 0.2) is 24.3 Å². The van der Waals surface area contributed by atoms with Crippen molar-refractivity contribution in [2.75, 3.05) is 13.2 Å². The van der Waals surface area contributed by atoms with Gasteiger partial charge in [0.2, 0.25) is 0 Å². The fraction of sp³-hybridized carbons (Fsp3) is 0.500. The summed E-state index contributed by atoms with van der Waals surface area (Å²) in [5.74, 6) is 0. The maximum Gasteiger partial charge on any atom is 0.157 e. The number of hydrogen-bond donors (Lipinski definition) is 0. The zero-order chi connectivity index (χ0) is 11.9. The molecule has 0 bridgehead atoms. The number of aldehydes is 1. The highest BCUT2D eigenvalue weighted by atomic mass is 16.7. The fourth-order valence-electron chi connectivity index (χ4n) is 1.91. The second-order valence-corrected chi connectivity index (χ2v) is 4.28. The lowest BCUT2D eigenvalue weighted by molar-refractivity contribution is -0.161. The van der Waals surface area contributed by atoms with Gasteiger partial charge in [0, 0.05) is 12.2 Å². The van der Waals surface area contributed by atoms with E-state index in [0.717, 1.165) is 32.2 Å². The first-order chi connectivity index (χ1) is 8.38. The molecule has 0 aromatic heterocycles. The van der Waals surface area contributed by atoms with Crippen LogP contribution in [0.5, 0.6) is 0 Å². The van der Waals surface area contributed by atoms with Gasteiger partial charge in [-0.05, 0) is 31.2 Å². The van der Waals surface area contributed by atoms with Gasteiger partial charge in [-0.2, -0.15) is 0 Å². The molecule has 1 fully saturated rings. The number of carbonyl (C=O) groups is 1. The predicted molar refractivity (Wildman–Crippen MR) is 65.1 cm³/mol. The van der Waals surface area contributed by atoms with Crippen LogP contribution in [0.3, 0.4) is 0 Å². The van der Waals surface area contributed by atoms with Crippen molar-refractivity contribution in [3.8, 4) is 0 Å². The Morgan fingerprint density at radius 1 is 1.29 bits per heavy atom. The highest BCUT2D eigenvalue weighted by Gasteiger charge is 2.13. The minimum absolute atomic E-state index is 0.0157. The molecule has 1 aliphatic rings. The van der Waals surface area contributed by atoms with Crippen molar-refractivity contribution >= 4 is 6.29 Å². The summed E-state index contributed by atoms with van der Waals surface area (Å²) in [6.45, 7) is 1.49. The standard InChI is InChI=1S/C14H18O3/c15-11-13-6-4-12(5-7-13)8-10-17-14-3-1-2-9-16-14/h4-7,11,14H,1-3,8-10H2/t14-/m1/s1. The fourth-order valence-corrected chi connectivity index (χ4v) is 1.91. The van der Waals surface area contributed by atoms with Crippen LogP contribution < -0.4 is 0 Å². The monoisotopic (exact) mass is 234 g/mol. The molecule has 0 spiro atoms. The van der Waals surface area contributed by atoms with Crippen molar-refractivity contribution in [1.29, 1.82) is 0 Å². The van der Waals surface area contributed by atoms with E-state index in [0.29, 0.717) is 12.2 Å². The molecule has 0 aliphatic carbocycles. The van der Waals surface area contributed by atoms with E-state index in [1.165, 1.54) is 12.0 Å². The van der Waals surface area contributed by atoms with Crippen LogP contribution in [0.4, 0.5) is 0 Å². The van der Waals surface area contributed by atoms with Gasteiger partial charge in [0.15, 0.2) is 6.29 Å². The smallest absolute Gasteiger partial charge is 0.157 e. The first-order valence-corrected chi connectivity index (χ1v) is 6.16. The zero-order valence-electron chi connectivity index (χ0n) is 9.93. The Kier molecular flexibility index (Phi) is 4.71. The molecule has 0 radical (unpaired) electrons. The van der Waals surface area contributed by atoms with Gasteiger partial charge in [0.05, 0.1) is 6.61 Å². The van der Waals surface area contributed by atoms with Crippen LogP contribution in [-0.2, 0) is 15.9 Å². The van der Waals surface area contributed by atoms with E-state index in [1.54, 1.807) is 0 Å². The molecule has 17 heavy (non-hydrogen) atoms. The maximum atomic E-state index is 10.5. The summed E-state index contributed by atoms with van der Waals surface area (Å²) in [5, 5.41) is 0. The largest absolute Gasteiger partial charge is 0.353 e. The molecule has 1 aromatic rings. The number of hydrogen-bond acceptors (Lipinski definition) is 3. The van der Waals surface area contributed by atoms with Crippen LogP contribution in [0.25, 0.3) is 0 Å². The SMILES string of the molecule is O=Cc1ccc(CCO[C@@H]2CCCCO2)cc1. The lowest BCUT2D eigenvalue weighted by atomic mass is 10.1. The quantitative estimate of drug-likeness (QED) is 0.734. The molecule has 0 unspecified atom stereocenters. The summed E-state index contributed by atoms with van der Waals surface area (Å²) in [5.41, 5.74) is 1.90. The maximum absolute atomic E-state index is 10.5. The average molecular weight is 234 g/mol. The van der Waals surface area contributed by atoms with Crippen molar-refractivity contribution in [3.05, 3.63) is 35.4 Å². The molecule has 1 aromatic carbocycles. The van der Waals surface area contributed by atoms with Crippen LogP contribution >= 0.6 is 0 Å². The molecule has 3 nitrogen and oxygen atoms in total. The summed E-state index contributed by atoms with van der Waals surface area (Å²) < 4.78 is 11.1. The molecule has 0 N–H and O–H groups in total. The van der Waals surface area contributed by atoms with E-state index in [-0.39, 0.29) is 6.29 Å². The van der Waals surface area contributed by atoms with Gasteiger partial charge >= 0.3 is 0 Å². The second-order valence-electron chi connectivity index (χ2n) is 4.28. The van der Waals surface area contributed by atoms with E-state index in [4.69, 9.17) is 9.47 Å². The molecule has 92 valence electrons. The molecule has 1 atom stereocenters. The van der Waals surface area contributed by atoms with Crippen molar-refractivity contribution in [3.63, 3.8) is 0 Å². The van der Waals surface area contributed by atoms with Gasteiger partial charge in [0.25, 0.3) is 0 Å². The summed E-state index contributed by atoms with van der Waals surface area (Å²) in [6.07, 6.45) is 5.04. The third-order valence-corrected chi connectivity index (χ3v) is 2.95. The Bertz CT molecular complexity index is 339. The number of ether oxygens (including phenoxy) is 2. The van der Waals surface area contributed by atoms with Crippen LogP contribution in [0, 0.1) is 0 Å². The minimum Gasteiger partial charge on any atom is -0.353 e. The minimum atomic E-state index is -0.0157. The normalized spacial score (nSPS) is 20.1. The Morgan fingerprint density at radius 2 is 2.12 bits per heavy atom. The van der Waals surface area contributed by atoms with Gasteiger partial charge in [-0.1, -0.05) is 24.3 Å². The van der Waals surface area contributed by atoms with Gasteiger partial charge in [-0.3, -0.25) is 4.79 Å². The van der Waals surface area contributed by atoms with Crippen molar-refractivity contribution in [2.45, 2.75) is 32.0 Å². The van der Waals surface area contributed by atoms with Crippen molar-refractivity contribution in [2.24, 2.45) is 0 Å². The zero-order valence-corrected chi connectivity index (χ0v) is 9.93. The highest BCUT2D eigenvalue weighted by Crippen LogP contribution is 2.14. The molecule has 0 saturated carbocycles. The van der Waals surface area contributed by atoms with E-state index < -0.39 is 0 Å². The van der Waals surface area contributed by atoms with Gasteiger partial charge < -0.3 is 9.47 Å². The van der Waals surface area contributed by atoms with E-state index >= 15 is 0 Å². The van der Waals surface area contributed by atoms with Crippen LogP contribution in [0.2, 0.25) is 0 Å². The Hall–Kier alpha value is -1.19. The molecule has 1 saturated heterocycles. The highest BCUT2D eigenvalue weighted by molar-refractivity contribution is 5.74. The van der Waals surface area contributed by atoms with E-state index in [1.807, 2.05) is 24.3 Å². The Balaban J connectivity index is 1.71. The molecular formula is C14H18O3. The lowest BCUT2D eigenvalue weighted by Gasteiger charge is -2.22. The first kappa shape index (κ1) is 12.3. The molecule has 0 amide bonds. The molecule has 1 heterocycles. The van der Waals surface area contributed by atoms with Crippen molar-refractivity contribution < 1.29 is 14.3 Å². The number of benzene rings is 1. The van der Waals surface area contributed by atoms with Gasteiger partial charge in [0.1, 0.15) is 6.29 Å². The van der Waals surface area contributed by atoms with Crippen molar-refractivity contribution in [1.82, 2.24) is 0 Å². The summed E-state index contributed by atoms with van der Waals surface area (Å²) >= 11 is 0. The molecule has 1 aliphatic heterocycles. The lowest BCUT2D eigenvalue weighted by Crippen LogP contribution is -2.23. The summed E-state index contributed by atoms with van der Waals surface area (Å²) in [6, 6.07) is 7.60. The second kappa shape index (κ2) is 6.52. The molecule has 3 heteroatoms. The van der Waals surface area contributed by atoms with Crippen LogP contribution in [-0.4, -0.2) is 25.8 Å². The Morgan fingerprint density at radius 3 is 2.76 bits per heavy atom. The van der Waals surface area contributed by atoms with Gasteiger partial charge in [-0.25, -0.2) is 0 Å². The van der Waals surface area contributed by atoms with Gasteiger partial charge in [-0.15, -0.1) is 0 Å². The molecular weight excluding hydrogens is 216 g/mol. The third kappa shape index (κ3) is 3.95.